The highest BCUT2D eigenvalue weighted by atomic mass is 16.3. The predicted octanol–water partition coefficient (Wildman–Crippen LogP) is 1.42. The zero-order valence-electron chi connectivity index (χ0n) is 16.7. The predicted molar refractivity (Wildman–Crippen MR) is 98.7 cm³/mol. The van der Waals surface area contributed by atoms with Crippen molar-refractivity contribution in [2.24, 2.45) is 0 Å². The molecular weight excluding hydrogens is 348 g/mol. The largest absolute Gasteiger partial charge is 0.393 e. The Hall–Kier alpha value is -1.94. The van der Waals surface area contributed by atoms with Crippen LogP contribution in [-0.4, -0.2) is 63.7 Å². The second kappa shape index (κ2) is 9.32. The van der Waals surface area contributed by atoms with Crippen LogP contribution in [0, 0.1) is 0 Å². The first kappa shape index (κ1) is 21.4. The smallest absolute Gasteiger partial charge is 0.180 e. The Balaban J connectivity index is 1.62. The second-order valence-corrected chi connectivity index (χ2v) is 8.55. The van der Waals surface area contributed by atoms with E-state index in [0.717, 1.165) is 19.3 Å². The van der Waals surface area contributed by atoms with E-state index in [1.807, 2.05) is 27.7 Å². The highest BCUT2D eigenvalue weighted by Gasteiger charge is 2.27. The minimum atomic E-state index is -0.390. The van der Waals surface area contributed by atoms with Gasteiger partial charge >= 0.3 is 0 Å². The summed E-state index contributed by atoms with van der Waals surface area (Å²) in [7, 11) is 0. The Kier molecular flexibility index (Phi) is 7.37. The zero-order valence-corrected chi connectivity index (χ0v) is 16.7. The van der Waals surface area contributed by atoms with E-state index in [9.17, 15) is 10.2 Å². The van der Waals surface area contributed by atoms with Gasteiger partial charge in [-0.05, 0) is 44.9 Å². The summed E-state index contributed by atoms with van der Waals surface area (Å²) < 4.78 is 0. The van der Waals surface area contributed by atoms with Crippen molar-refractivity contribution < 1.29 is 10.2 Å². The molecule has 0 fully saturated rings. The van der Waals surface area contributed by atoms with Gasteiger partial charge in [-0.3, -0.25) is 0 Å². The SMILES string of the molecule is CC(C)(CCC(O)CCCC(O)CCC(C)(C)c1nn[nH]n1)c1nn[nH]n1. The monoisotopic (exact) mass is 380 g/mol. The third-order valence-electron chi connectivity index (χ3n) is 5.18. The first-order valence-corrected chi connectivity index (χ1v) is 9.55. The van der Waals surface area contributed by atoms with Gasteiger partial charge in [-0.25, -0.2) is 0 Å². The van der Waals surface area contributed by atoms with Gasteiger partial charge < -0.3 is 10.2 Å². The number of aliphatic hydroxyl groups excluding tert-OH is 2. The van der Waals surface area contributed by atoms with Crippen molar-refractivity contribution in [2.75, 3.05) is 0 Å². The van der Waals surface area contributed by atoms with Crippen LogP contribution in [0.3, 0.4) is 0 Å². The number of aromatic nitrogens is 8. The number of aliphatic hydroxyl groups is 2. The maximum atomic E-state index is 10.2. The number of nitrogens with zero attached hydrogens (tertiary/aromatic N) is 6. The second-order valence-electron chi connectivity index (χ2n) is 8.55. The van der Waals surface area contributed by atoms with Gasteiger partial charge in [0.2, 0.25) is 0 Å². The molecule has 0 aliphatic carbocycles. The number of tetrazole rings is 2. The third kappa shape index (κ3) is 6.62. The topological polar surface area (TPSA) is 149 Å². The fraction of sp³-hybridized carbons (Fsp3) is 0.882. The zero-order chi connectivity index (χ0) is 19.9. The molecule has 2 heterocycles. The van der Waals surface area contributed by atoms with Crippen molar-refractivity contribution in [3.63, 3.8) is 0 Å². The van der Waals surface area contributed by atoms with Crippen LogP contribution in [0.5, 0.6) is 0 Å². The fourth-order valence-electron chi connectivity index (χ4n) is 3.05. The van der Waals surface area contributed by atoms with Crippen LogP contribution in [0.15, 0.2) is 0 Å². The molecule has 0 aliphatic rings. The van der Waals surface area contributed by atoms with Crippen molar-refractivity contribution >= 4 is 0 Å². The highest BCUT2D eigenvalue weighted by Crippen LogP contribution is 2.27. The summed E-state index contributed by atoms with van der Waals surface area (Å²) in [5.74, 6) is 1.32. The molecule has 0 amide bonds. The van der Waals surface area contributed by atoms with E-state index < -0.39 is 0 Å². The van der Waals surface area contributed by atoms with E-state index in [1.54, 1.807) is 0 Å². The summed E-state index contributed by atoms with van der Waals surface area (Å²) in [6, 6.07) is 0. The molecule has 0 spiro atoms. The van der Waals surface area contributed by atoms with E-state index in [-0.39, 0.29) is 23.0 Å². The van der Waals surface area contributed by atoms with Crippen LogP contribution in [0.4, 0.5) is 0 Å². The lowest BCUT2D eigenvalue weighted by Crippen LogP contribution is -2.23. The third-order valence-corrected chi connectivity index (χ3v) is 5.18. The van der Waals surface area contributed by atoms with Crippen LogP contribution >= 0.6 is 0 Å². The van der Waals surface area contributed by atoms with E-state index in [2.05, 4.69) is 41.2 Å². The number of H-pyrrole nitrogens is 2. The van der Waals surface area contributed by atoms with E-state index in [4.69, 9.17) is 0 Å². The maximum absolute atomic E-state index is 10.2. The quantitative estimate of drug-likeness (QED) is 0.432. The van der Waals surface area contributed by atoms with Gasteiger partial charge in [-0.2, -0.15) is 10.4 Å². The van der Waals surface area contributed by atoms with Gasteiger partial charge in [0.1, 0.15) is 0 Å². The van der Waals surface area contributed by atoms with E-state index >= 15 is 0 Å². The molecule has 0 bridgehead atoms. The first-order valence-electron chi connectivity index (χ1n) is 9.55. The molecule has 0 radical (unpaired) electrons. The summed E-state index contributed by atoms with van der Waals surface area (Å²) >= 11 is 0. The molecule has 2 unspecified atom stereocenters. The van der Waals surface area contributed by atoms with Crippen LogP contribution in [0.1, 0.15) is 84.3 Å². The Morgan fingerprint density at radius 3 is 1.48 bits per heavy atom. The Labute approximate surface area is 159 Å². The van der Waals surface area contributed by atoms with Crippen molar-refractivity contribution in [1.82, 2.24) is 41.2 Å². The molecule has 4 N–H and O–H groups in total. The number of rotatable bonds is 12. The van der Waals surface area contributed by atoms with Crippen LogP contribution in [0.25, 0.3) is 0 Å². The molecule has 10 nitrogen and oxygen atoms in total. The summed E-state index contributed by atoms with van der Waals surface area (Å²) in [5.41, 5.74) is -0.456. The molecule has 10 heteroatoms. The molecule has 0 saturated heterocycles. The normalized spacial score (nSPS) is 15.0. The van der Waals surface area contributed by atoms with Crippen molar-refractivity contribution in [3.05, 3.63) is 11.6 Å². The van der Waals surface area contributed by atoms with Gasteiger partial charge in [-0.1, -0.05) is 38.1 Å². The Morgan fingerprint density at radius 1 is 0.741 bits per heavy atom. The number of aromatic amines is 2. The number of hydrogen-bond donors (Lipinski definition) is 4. The number of hydrogen-bond acceptors (Lipinski definition) is 8. The van der Waals surface area contributed by atoms with Gasteiger partial charge in [0.15, 0.2) is 11.6 Å². The minimum Gasteiger partial charge on any atom is -0.393 e. The van der Waals surface area contributed by atoms with E-state index in [0.29, 0.717) is 37.3 Å². The van der Waals surface area contributed by atoms with Crippen molar-refractivity contribution in [3.8, 4) is 0 Å². The van der Waals surface area contributed by atoms with Crippen LogP contribution in [-0.2, 0) is 10.8 Å². The van der Waals surface area contributed by atoms with Gasteiger partial charge in [0.25, 0.3) is 0 Å². The van der Waals surface area contributed by atoms with Crippen LogP contribution in [0.2, 0.25) is 0 Å². The lowest BCUT2D eigenvalue weighted by Gasteiger charge is -2.23. The van der Waals surface area contributed by atoms with Gasteiger partial charge in [0, 0.05) is 10.8 Å². The number of nitrogens with one attached hydrogen (secondary N) is 2. The molecule has 2 aromatic heterocycles. The van der Waals surface area contributed by atoms with Crippen molar-refractivity contribution in [1.29, 1.82) is 0 Å². The molecule has 2 atom stereocenters. The lowest BCUT2D eigenvalue weighted by atomic mass is 9.84. The fourth-order valence-corrected chi connectivity index (χ4v) is 3.05. The molecule has 2 rings (SSSR count). The summed E-state index contributed by atoms with van der Waals surface area (Å²) in [4.78, 5) is 0. The average molecular weight is 380 g/mol. The standard InChI is InChI=1S/C17H32N8O2/c1-16(2,14-18-22-23-19-14)10-8-12(26)6-5-7-13(27)9-11-17(3,4)15-20-24-25-21-15/h12-13,26-27H,5-11H2,1-4H3,(H,18,19,22,23)(H,20,21,24,25). The Morgan fingerprint density at radius 2 is 1.15 bits per heavy atom. The molecule has 0 aromatic carbocycles. The summed E-state index contributed by atoms with van der Waals surface area (Å²) in [5, 5.41) is 48.7. The van der Waals surface area contributed by atoms with Gasteiger partial charge in [0.05, 0.1) is 12.2 Å². The maximum Gasteiger partial charge on any atom is 0.180 e. The molecular formula is C17H32N8O2. The minimum absolute atomic E-state index is 0.228. The molecule has 27 heavy (non-hydrogen) atoms. The Bertz CT molecular complexity index is 586. The molecule has 2 aromatic rings. The molecule has 152 valence electrons. The first-order chi connectivity index (χ1) is 12.7. The van der Waals surface area contributed by atoms with Crippen LogP contribution < -0.4 is 0 Å². The summed E-state index contributed by atoms with van der Waals surface area (Å²) in [6.45, 7) is 8.17. The average Bonchev–Trinajstić information content (AvgIpc) is 3.32. The summed E-state index contributed by atoms with van der Waals surface area (Å²) in [6.07, 6.45) is 4.24. The highest BCUT2D eigenvalue weighted by molar-refractivity contribution is 5.00. The lowest BCUT2D eigenvalue weighted by molar-refractivity contribution is 0.114. The molecule has 0 saturated carbocycles. The molecule has 0 aliphatic heterocycles. The van der Waals surface area contributed by atoms with E-state index in [1.165, 1.54) is 0 Å². The van der Waals surface area contributed by atoms with Gasteiger partial charge in [-0.15, -0.1) is 20.4 Å². The van der Waals surface area contributed by atoms with Crippen molar-refractivity contribution in [2.45, 2.75) is 95.7 Å².